The highest BCUT2D eigenvalue weighted by molar-refractivity contribution is 7.85. The van der Waals surface area contributed by atoms with Crippen LogP contribution in [0.3, 0.4) is 0 Å². The van der Waals surface area contributed by atoms with Crippen LogP contribution in [-0.4, -0.2) is 31.6 Å². The van der Waals surface area contributed by atoms with E-state index in [1.54, 1.807) is 25.1 Å². The Balaban J connectivity index is 1.82. The van der Waals surface area contributed by atoms with Gasteiger partial charge >= 0.3 is 0 Å². The summed E-state index contributed by atoms with van der Waals surface area (Å²) in [5, 5.41) is 1.22. The van der Waals surface area contributed by atoms with Crippen LogP contribution in [0, 0.1) is 0 Å². The van der Waals surface area contributed by atoms with Crippen molar-refractivity contribution in [3.63, 3.8) is 0 Å². The highest BCUT2D eigenvalue weighted by Gasteiger charge is 2.11. The lowest BCUT2D eigenvalue weighted by Crippen LogP contribution is -2.21. The first-order valence-corrected chi connectivity index (χ1v) is 9.95. The van der Waals surface area contributed by atoms with E-state index in [0.29, 0.717) is 16.5 Å². The van der Waals surface area contributed by atoms with Gasteiger partial charge in [0.25, 0.3) is 10.1 Å². The van der Waals surface area contributed by atoms with Crippen molar-refractivity contribution in [2.45, 2.75) is 13.2 Å². The molecule has 1 aromatic heterocycles. The monoisotopic (exact) mass is 380 g/mol. The van der Waals surface area contributed by atoms with Crippen molar-refractivity contribution >= 4 is 41.6 Å². The predicted octanol–water partition coefficient (Wildman–Crippen LogP) is 3.04. The minimum Gasteiger partial charge on any atom is -0.465 e. The molecule has 1 N–H and O–H groups in total. The summed E-state index contributed by atoms with van der Waals surface area (Å²) >= 11 is 1.53. The second-order valence-electron chi connectivity index (χ2n) is 5.43. The minimum absolute atomic E-state index is 0.0604. The average molecular weight is 380 g/mol. The summed E-state index contributed by atoms with van der Waals surface area (Å²) in [7, 11) is -4.07. The van der Waals surface area contributed by atoms with E-state index < -0.39 is 22.2 Å². The molecule has 0 radical (unpaired) electrons. The van der Waals surface area contributed by atoms with E-state index in [1.807, 2.05) is 24.3 Å². The molecule has 2 aromatic carbocycles. The molecule has 25 heavy (non-hydrogen) atoms. The molecule has 3 aromatic rings. The zero-order chi connectivity index (χ0) is 18.0. The molecule has 1 heterocycles. The number of hydrogen-bond acceptors (Lipinski definition) is 6. The van der Waals surface area contributed by atoms with E-state index in [4.69, 9.17) is 14.0 Å². The van der Waals surface area contributed by atoms with Crippen LogP contribution in [0.4, 0.5) is 0 Å². The lowest BCUT2D eigenvalue weighted by molar-refractivity contribution is -0.0606. The molecule has 8 heteroatoms. The molecule has 0 amide bonds. The smallest absolute Gasteiger partial charge is 0.267 e. The Hall–Kier alpha value is -2.00. The summed E-state index contributed by atoms with van der Waals surface area (Å²) in [6.07, 6.45) is -0.724. The van der Waals surface area contributed by atoms with E-state index >= 15 is 0 Å². The third kappa shape index (κ3) is 4.35. The van der Waals surface area contributed by atoms with Gasteiger partial charge in [-0.05, 0) is 37.3 Å². The zero-order valence-electron chi connectivity index (χ0n) is 13.3. The average Bonchev–Trinajstić information content (AvgIpc) is 2.54. The number of ether oxygens (including phenoxy) is 2. The Kier molecular flexibility index (Phi) is 5.05. The summed E-state index contributed by atoms with van der Waals surface area (Å²) in [5.41, 5.74) is -0.0604. The van der Waals surface area contributed by atoms with Crippen molar-refractivity contribution in [1.29, 1.82) is 0 Å². The van der Waals surface area contributed by atoms with Crippen LogP contribution >= 0.6 is 11.3 Å². The van der Waals surface area contributed by atoms with Gasteiger partial charge in [0, 0.05) is 20.2 Å². The van der Waals surface area contributed by atoms with Crippen LogP contribution in [0.25, 0.3) is 20.2 Å². The summed E-state index contributed by atoms with van der Waals surface area (Å²) < 4.78 is 42.6. The molecule has 1 atom stereocenters. The summed E-state index contributed by atoms with van der Waals surface area (Å²) in [6, 6.07) is 12.6. The van der Waals surface area contributed by atoms with E-state index in [2.05, 4.69) is 0 Å². The van der Waals surface area contributed by atoms with E-state index in [1.165, 1.54) is 11.3 Å². The fourth-order valence-corrected chi connectivity index (χ4v) is 3.76. The lowest BCUT2D eigenvalue weighted by atomic mass is 10.2. The first-order chi connectivity index (χ1) is 11.8. The molecule has 0 aliphatic heterocycles. The fourth-order valence-electron chi connectivity index (χ4n) is 2.40. The molecule has 3 rings (SSSR count). The van der Waals surface area contributed by atoms with Gasteiger partial charge in [0.2, 0.25) is 0 Å². The molecule has 1 unspecified atom stereocenters. The summed E-state index contributed by atoms with van der Waals surface area (Å²) in [6.45, 7) is 1.42. The van der Waals surface area contributed by atoms with E-state index in [0.717, 1.165) is 9.40 Å². The maximum Gasteiger partial charge on any atom is 0.267 e. The van der Waals surface area contributed by atoms with Gasteiger partial charge in [-0.1, -0.05) is 12.1 Å². The summed E-state index contributed by atoms with van der Waals surface area (Å²) in [5.74, 6) is -0.0528. The largest absolute Gasteiger partial charge is 0.465 e. The molecule has 0 saturated heterocycles. The topological polar surface area (TPSA) is 89.9 Å². The molecule has 0 aliphatic rings. The Morgan fingerprint density at radius 2 is 1.84 bits per heavy atom. The van der Waals surface area contributed by atoms with Crippen LogP contribution < -0.4 is 10.2 Å². The van der Waals surface area contributed by atoms with Gasteiger partial charge in [-0.2, -0.15) is 8.42 Å². The molecule has 0 spiro atoms. The summed E-state index contributed by atoms with van der Waals surface area (Å²) in [4.78, 5) is 12.6. The third-order valence-electron chi connectivity index (χ3n) is 3.54. The van der Waals surface area contributed by atoms with Crippen LogP contribution in [0.5, 0.6) is 5.75 Å². The Labute approximate surface area is 148 Å². The van der Waals surface area contributed by atoms with Crippen molar-refractivity contribution in [2.75, 3.05) is 12.4 Å². The lowest BCUT2D eigenvalue weighted by Gasteiger charge is -2.15. The van der Waals surface area contributed by atoms with Gasteiger partial charge in [0.15, 0.2) is 11.7 Å². The first-order valence-electron chi connectivity index (χ1n) is 7.52. The third-order valence-corrected chi connectivity index (χ3v) is 5.38. The van der Waals surface area contributed by atoms with Gasteiger partial charge < -0.3 is 9.47 Å². The standard InChI is InChI=1S/C17H16O6S2/c1-11(22-8-9-25(19,20)21)23-12-6-7-16-14(10-12)17(18)13-4-2-3-5-15(13)24-16/h2-7,10-11H,8-9H2,1H3,(H,19,20,21). The molecule has 0 bridgehead atoms. The van der Waals surface area contributed by atoms with Crippen molar-refractivity contribution in [3.8, 4) is 5.75 Å². The number of hydrogen-bond donors (Lipinski definition) is 1. The van der Waals surface area contributed by atoms with Crippen molar-refractivity contribution in [1.82, 2.24) is 0 Å². The van der Waals surface area contributed by atoms with Gasteiger partial charge in [-0.15, -0.1) is 11.3 Å². The van der Waals surface area contributed by atoms with Gasteiger partial charge in [0.1, 0.15) is 5.75 Å². The van der Waals surface area contributed by atoms with Gasteiger partial charge in [-0.3, -0.25) is 9.35 Å². The molecule has 0 saturated carbocycles. The number of benzene rings is 2. The molecule has 0 fully saturated rings. The van der Waals surface area contributed by atoms with Crippen LogP contribution in [-0.2, 0) is 14.9 Å². The maximum absolute atomic E-state index is 12.6. The molecule has 6 nitrogen and oxygen atoms in total. The Morgan fingerprint density at radius 1 is 1.12 bits per heavy atom. The predicted molar refractivity (Wildman–Crippen MR) is 98.1 cm³/mol. The van der Waals surface area contributed by atoms with Crippen LogP contribution in [0.15, 0.2) is 47.3 Å². The number of fused-ring (bicyclic) bond motifs is 2. The second-order valence-corrected chi connectivity index (χ2v) is 8.08. The van der Waals surface area contributed by atoms with Crippen molar-refractivity contribution in [2.24, 2.45) is 0 Å². The zero-order valence-corrected chi connectivity index (χ0v) is 15.0. The van der Waals surface area contributed by atoms with Crippen molar-refractivity contribution in [3.05, 3.63) is 52.7 Å². The molecule has 132 valence electrons. The quantitative estimate of drug-likeness (QED) is 0.402. The Bertz CT molecular complexity index is 1070. The van der Waals surface area contributed by atoms with Crippen LogP contribution in [0.1, 0.15) is 6.92 Å². The highest BCUT2D eigenvalue weighted by atomic mass is 32.2. The first kappa shape index (κ1) is 17.8. The maximum atomic E-state index is 12.6. The molecular formula is C17H16O6S2. The normalized spacial score (nSPS) is 13.2. The fraction of sp³-hybridized carbons (Fsp3) is 0.235. The van der Waals surface area contributed by atoms with Gasteiger partial charge in [0.05, 0.1) is 12.4 Å². The van der Waals surface area contributed by atoms with E-state index in [-0.39, 0.29) is 12.0 Å². The molecule has 0 aliphatic carbocycles. The Morgan fingerprint density at radius 3 is 2.60 bits per heavy atom. The van der Waals surface area contributed by atoms with Crippen molar-refractivity contribution < 1.29 is 22.4 Å². The van der Waals surface area contributed by atoms with Crippen LogP contribution in [0.2, 0.25) is 0 Å². The van der Waals surface area contributed by atoms with E-state index in [9.17, 15) is 13.2 Å². The van der Waals surface area contributed by atoms with Gasteiger partial charge in [-0.25, -0.2) is 0 Å². The number of rotatable bonds is 6. The highest BCUT2D eigenvalue weighted by Crippen LogP contribution is 2.27. The molecular weight excluding hydrogens is 364 g/mol. The second kappa shape index (κ2) is 7.09. The SMILES string of the molecule is CC(OCCS(=O)(=O)O)Oc1ccc2sc3ccccc3c(=O)c2c1. The minimum atomic E-state index is -4.07.